The van der Waals surface area contributed by atoms with Gasteiger partial charge in [0.1, 0.15) is 12.4 Å². The van der Waals surface area contributed by atoms with Gasteiger partial charge in [0, 0.05) is 24.6 Å². The molecule has 1 heterocycles. The molecule has 5 nitrogen and oxygen atoms in total. The molecule has 0 aliphatic rings. The normalized spacial score (nSPS) is 10.1. The second kappa shape index (κ2) is 6.32. The van der Waals surface area contributed by atoms with Gasteiger partial charge in [-0.15, -0.1) is 0 Å². The van der Waals surface area contributed by atoms with Crippen LogP contribution in [-0.2, 0) is 0 Å². The van der Waals surface area contributed by atoms with E-state index in [1.165, 1.54) is 0 Å². The van der Waals surface area contributed by atoms with Crippen molar-refractivity contribution in [1.29, 1.82) is 0 Å². The number of anilines is 2. The van der Waals surface area contributed by atoms with Crippen LogP contribution in [0.3, 0.4) is 0 Å². The summed E-state index contributed by atoms with van der Waals surface area (Å²) >= 11 is 3.28. The summed E-state index contributed by atoms with van der Waals surface area (Å²) in [7, 11) is 0. The Hall–Kier alpha value is -1.66. The lowest BCUT2D eigenvalue weighted by Crippen LogP contribution is -2.10. The van der Waals surface area contributed by atoms with Crippen molar-refractivity contribution in [2.24, 2.45) is 5.73 Å². The predicted octanol–water partition coefficient (Wildman–Crippen LogP) is 2.32. The van der Waals surface area contributed by atoms with Crippen molar-refractivity contribution in [3.63, 3.8) is 0 Å². The predicted molar refractivity (Wildman–Crippen MR) is 74.0 cm³/mol. The van der Waals surface area contributed by atoms with Crippen LogP contribution in [0, 0.1) is 0 Å². The van der Waals surface area contributed by atoms with E-state index in [4.69, 9.17) is 10.5 Å². The molecule has 0 radical (unpaired) electrons. The SMILES string of the molecule is NCCOc1ccc(Nc2ncc(Br)cn2)cc1. The first-order chi connectivity index (χ1) is 8.78. The smallest absolute Gasteiger partial charge is 0.227 e. The van der Waals surface area contributed by atoms with Crippen LogP contribution < -0.4 is 15.8 Å². The summed E-state index contributed by atoms with van der Waals surface area (Å²) in [5, 5.41) is 3.09. The number of hydrogen-bond acceptors (Lipinski definition) is 5. The topological polar surface area (TPSA) is 73.1 Å². The van der Waals surface area contributed by atoms with Crippen LogP contribution in [0.4, 0.5) is 11.6 Å². The number of rotatable bonds is 5. The molecule has 2 rings (SSSR count). The molecule has 0 bridgehead atoms. The molecule has 0 fully saturated rings. The monoisotopic (exact) mass is 308 g/mol. The maximum atomic E-state index is 5.39. The Morgan fingerprint density at radius 2 is 1.83 bits per heavy atom. The van der Waals surface area contributed by atoms with Crippen molar-refractivity contribution in [2.45, 2.75) is 0 Å². The van der Waals surface area contributed by atoms with E-state index < -0.39 is 0 Å². The lowest BCUT2D eigenvalue weighted by Gasteiger charge is -2.07. The molecular formula is C12H13BrN4O. The molecule has 0 spiro atoms. The minimum absolute atomic E-state index is 0.507. The van der Waals surface area contributed by atoms with Gasteiger partial charge < -0.3 is 15.8 Å². The summed E-state index contributed by atoms with van der Waals surface area (Å²) in [5.74, 6) is 1.34. The van der Waals surface area contributed by atoms with E-state index in [0.29, 0.717) is 19.1 Å². The summed E-state index contributed by atoms with van der Waals surface area (Å²) in [4.78, 5) is 8.26. The van der Waals surface area contributed by atoms with Gasteiger partial charge in [0.25, 0.3) is 0 Å². The number of benzene rings is 1. The van der Waals surface area contributed by atoms with Gasteiger partial charge in [0.15, 0.2) is 0 Å². The highest BCUT2D eigenvalue weighted by Crippen LogP contribution is 2.18. The standard InChI is InChI=1S/C12H13BrN4O/c13-9-7-15-12(16-8-9)17-10-1-3-11(4-2-10)18-6-5-14/h1-4,7-8H,5-6,14H2,(H,15,16,17). The molecule has 1 aromatic carbocycles. The van der Waals surface area contributed by atoms with Crippen molar-refractivity contribution in [3.05, 3.63) is 41.1 Å². The highest BCUT2D eigenvalue weighted by Gasteiger charge is 1.98. The molecule has 0 atom stereocenters. The third-order valence-electron chi connectivity index (χ3n) is 2.12. The van der Waals surface area contributed by atoms with Gasteiger partial charge in [0.2, 0.25) is 5.95 Å². The van der Waals surface area contributed by atoms with E-state index in [1.807, 2.05) is 24.3 Å². The zero-order valence-electron chi connectivity index (χ0n) is 9.64. The van der Waals surface area contributed by atoms with E-state index in [2.05, 4.69) is 31.2 Å². The van der Waals surface area contributed by atoms with Gasteiger partial charge in [-0.05, 0) is 40.2 Å². The van der Waals surface area contributed by atoms with Gasteiger partial charge in [0.05, 0.1) is 4.47 Å². The van der Waals surface area contributed by atoms with Gasteiger partial charge in [-0.1, -0.05) is 0 Å². The Morgan fingerprint density at radius 1 is 1.17 bits per heavy atom. The van der Waals surface area contributed by atoms with Crippen molar-refractivity contribution in [3.8, 4) is 5.75 Å². The Kier molecular flexibility index (Phi) is 4.49. The van der Waals surface area contributed by atoms with E-state index in [0.717, 1.165) is 15.9 Å². The first kappa shape index (κ1) is 12.8. The molecule has 1 aromatic heterocycles. The van der Waals surface area contributed by atoms with Crippen LogP contribution >= 0.6 is 15.9 Å². The molecule has 18 heavy (non-hydrogen) atoms. The molecule has 0 amide bonds. The van der Waals surface area contributed by atoms with Crippen molar-refractivity contribution >= 4 is 27.6 Å². The van der Waals surface area contributed by atoms with E-state index >= 15 is 0 Å². The number of nitrogens with two attached hydrogens (primary N) is 1. The van der Waals surface area contributed by atoms with Crippen LogP contribution in [-0.4, -0.2) is 23.1 Å². The number of hydrogen-bond donors (Lipinski definition) is 2. The Labute approximate surface area is 114 Å². The van der Waals surface area contributed by atoms with E-state index in [9.17, 15) is 0 Å². The molecule has 0 aliphatic heterocycles. The van der Waals surface area contributed by atoms with Gasteiger partial charge >= 0.3 is 0 Å². The van der Waals surface area contributed by atoms with Crippen molar-refractivity contribution < 1.29 is 4.74 Å². The molecule has 94 valence electrons. The van der Waals surface area contributed by atoms with Crippen LogP contribution in [0.15, 0.2) is 41.1 Å². The Morgan fingerprint density at radius 3 is 2.44 bits per heavy atom. The Balaban J connectivity index is 1.99. The number of halogens is 1. The summed E-state index contributed by atoms with van der Waals surface area (Å²) in [6, 6.07) is 7.54. The average molecular weight is 309 g/mol. The third kappa shape index (κ3) is 3.68. The zero-order valence-corrected chi connectivity index (χ0v) is 11.2. The first-order valence-corrected chi connectivity index (χ1v) is 6.25. The fourth-order valence-corrected chi connectivity index (χ4v) is 1.52. The molecule has 0 saturated heterocycles. The molecule has 0 aliphatic carbocycles. The van der Waals surface area contributed by atoms with Gasteiger partial charge in [-0.3, -0.25) is 0 Å². The number of nitrogens with zero attached hydrogens (tertiary/aromatic N) is 2. The summed E-state index contributed by atoms with van der Waals surface area (Å²) in [5.41, 5.74) is 6.26. The second-order valence-electron chi connectivity index (χ2n) is 3.51. The van der Waals surface area contributed by atoms with Crippen LogP contribution in [0.2, 0.25) is 0 Å². The average Bonchev–Trinajstić information content (AvgIpc) is 2.41. The number of aromatic nitrogens is 2. The summed E-state index contributed by atoms with van der Waals surface area (Å²) < 4.78 is 6.23. The fourth-order valence-electron chi connectivity index (χ4n) is 1.32. The fraction of sp³-hybridized carbons (Fsp3) is 0.167. The Bertz CT molecular complexity index is 486. The second-order valence-corrected chi connectivity index (χ2v) is 4.43. The third-order valence-corrected chi connectivity index (χ3v) is 2.53. The highest BCUT2D eigenvalue weighted by molar-refractivity contribution is 9.10. The maximum Gasteiger partial charge on any atom is 0.227 e. The van der Waals surface area contributed by atoms with E-state index in [-0.39, 0.29) is 0 Å². The molecule has 2 aromatic rings. The molecule has 0 unspecified atom stereocenters. The summed E-state index contributed by atoms with van der Waals surface area (Å²) in [6.45, 7) is 1.02. The summed E-state index contributed by atoms with van der Waals surface area (Å²) in [6.07, 6.45) is 3.38. The lowest BCUT2D eigenvalue weighted by molar-refractivity contribution is 0.328. The van der Waals surface area contributed by atoms with Gasteiger partial charge in [-0.25, -0.2) is 9.97 Å². The quantitative estimate of drug-likeness (QED) is 0.887. The molecule has 0 saturated carbocycles. The molecular weight excluding hydrogens is 296 g/mol. The minimum Gasteiger partial charge on any atom is -0.492 e. The van der Waals surface area contributed by atoms with Crippen LogP contribution in [0.1, 0.15) is 0 Å². The largest absolute Gasteiger partial charge is 0.492 e. The zero-order chi connectivity index (χ0) is 12.8. The van der Waals surface area contributed by atoms with Crippen molar-refractivity contribution in [2.75, 3.05) is 18.5 Å². The maximum absolute atomic E-state index is 5.39. The van der Waals surface area contributed by atoms with Crippen LogP contribution in [0.5, 0.6) is 5.75 Å². The number of ether oxygens (including phenoxy) is 1. The first-order valence-electron chi connectivity index (χ1n) is 5.45. The molecule has 6 heteroatoms. The van der Waals surface area contributed by atoms with E-state index in [1.54, 1.807) is 12.4 Å². The lowest BCUT2D eigenvalue weighted by atomic mass is 10.3. The van der Waals surface area contributed by atoms with Crippen molar-refractivity contribution in [1.82, 2.24) is 9.97 Å². The van der Waals surface area contributed by atoms with Gasteiger partial charge in [-0.2, -0.15) is 0 Å². The number of nitrogens with one attached hydrogen (secondary N) is 1. The highest BCUT2D eigenvalue weighted by atomic mass is 79.9. The molecule has 3 N–H and O–H groups in total. The van der Waals surface area contributed by atoms with Crippen LogP contribution in [0.25, 0.3) is 0 Å². The minimum atomic E-state index is 0.507.